The third-order valence-corrected chi connectivity index (χ3v) is 3.20. The molecule has 0 saturated heterocycles. The van der Waals surface area contributed by atoms with Gasteiger partial charge < -0.3 is 15.8 Å². The summed E-state index contributed by atoms with van der Waals surface area (Å²) in [6.45, 7) is 4.17. The molecule has 2 rings (SSSR count). The molecule has 2 aromatic carbocycles. The molecular weight excluding hydrogens is 236 g/mol. The predicted molar refractivity (Wildman–Crippen MR) is 80.6 cm³/mol. The Hall–Kier alpha value is -2.16. The highest BCUT2D eigenvalue weighted by atomic mass is 16.5. The van der Waals surface area contributed by atoms with Gasteiger partial charge in [-0.1, -0.05) is 18.2 Å². The first-order valence-corrected chi connectivity index (χ1v) is 6.37. The minimum Gasteiger partial charge on any atom is -0.497 e. The second-order valence-electron chi connectivity index (χ2n) is 4.73. The quantitative estimate of drug-likeness (QED) is 0.819. The van der Waals surface area contributed by atoms with E-state index in [2.05, 4.69) is 37.4 Å². The number of nitrogens with one attached hydrogen (secondary N) is 1. The van der Waals surface area contributed by atoms with Crippen molar-refractivity contribution in [3.8, 4) is 5.75 Å². The fourth-order valence-corrected chi connectivity index (χ4v) is 2.00. The van der Waals surface area contributed by atoms with Gasteiger partial charge in [0.25, 0.3) is 0 Å². The Labute approximate surface area is 114 Å². The maximum atomic E-state index is 5.98. The number of rotatable bonds is 4. The molecule has 0 aromatic heterocycles. The molecule has 0 fully saturated rings. The monoisotopic (exact) mass is 256 g/mol. The first-order chi connectivity index (χ1) is 9.10. The normalized spacial score (nSPS) is 11.9. The molecule has 2 aromatic rings. The molecule has 0 amide bonds. The second-order valence-corrected chi connectivity index (χ2v) is 4.73. The van der Waals surface area contributed by atoms with Crippen LogP contribution in [0.25, 0.3) is 0 Å². The average Bonchev–Trinajstić information content (AvgIpc) is 2.43. The van der Waals surface area contributed by atoms with Crippen LogP contribution in [-0.2, 0) is 0 Å². The topological polar surface area (TPSA) is 47.3 Å². The maximum Gasteiger partial charge on any atom is 0.118 e. The van der Waals surface area contributed by atoms with Gasteiger partial charge in [0.2, 0.25) is 0 Å². The van der Waals surface area contributed by atoms with E-state index >= 15 is 0 Å². The SMILES string of the molecule is COc1ccc(C(C)Nc2cc(C)ccc2N)cc1. The number of hydrogen-bond acceptors (Lipinski definition) is 3. The summed E-state index contributed by atoms with van der Waals surface area (Å²) in [6, 6.07) is 14.2. The predicted octanol–water partition coefficient (Wildman–Crippen LogP) is 3.76. The summed E-state index contributed by atoms with van der Waals surface area (Å²) in [4.78, 5) is 0. The molecule has 3 heteroatoms. The van der Waals surface area contributed by atoms with E-state index < -0.39 is 0 Å². The molecular formula is C16H20N2O. The summed E-state index contributed by atoms with van der Waals surface area (Å²) in [5, 5.41) is 3.44. The van der Waals surface area contributed by atoms with E-state index in [4.69, 9.17) is 10.5 Å². The van der Waals surface area contributed by atoms with Gasteiger partial charge in [0.1, 0.15) is 5.75 Å². The van der Waals surface area contributed by atoms with Crippen molar-refractivity contribution in [2.24, 2.45) is 0 Å². The van der Waals surface area contributed by atoms with Crippen LogP contribution >= 0.6 is 0 Å². The van der Waals surface area contributed by atoms with Gasteiger partial charge in [0, 0.05) is 6.04 Å². The van der Waals surface area contributed by atoms with Gasteiger partial charge in [0.05, 0.1) is 18.5 Å². The largest absolute Gasteiger partial charge is 0.497 e. The first-order valence-electron chi connectivity index (χ1n) is 6.37. The zero-order chi connectivity index (χ0) is 13.8. The van der Waals surface area contributed by atoms with Crippen molar-refractivity contribution >= 4 is 11.4 Å². The lowest BCUT2D eigenvalue weighted by molar-refractivity contribution is 0.414. The van der Waals surface area contributed by atoms with Gasteiger partial charge >= 0.3 is 0 Å². The zero-order valence-corrected chi connectivity index (χ0v) is 11.6. The van der Waals surface area contributed by atoms with E-state index in [0.29, 0.717) is 0 Å². The molecule has 19 heavy (non-hydrogen) atoms. The van der Waals surface area contributed by atoms with Gasteiger partial charge in [-0.3, -0.25) is 0 Å². The molecule has 3 N–H and O–H groups in total. The Balaban J connectivity index is 2.15. The lowest BCUT2D eigenvalue weighted by atomic mass is 10.1. The second kappa shape index (κ2) is 5.65. The van der Waals surface area contributed by atoms with Crippen molar-refractivity contribution in [1.82, 2.24) is 0 Å². The summed E-state index contributed by atoms with van der Waals surface area (Å²) in [5.41, 5.74) is 10.1. The lowest BCUT2D eigenvalue weighted by Gasteiger charge is -2.18. The van der Waals surface area contributed by atoms with E-state index in [-0.39, 0.29) is 6.04 Å². The molecule has 0 aliphatic rings. The number of nitrogen functional groups attached to an aromatic ring is 1. The van der Waals surface area contributed by atoms with Crippen LogP contribution in [0.3, 0.4) is 0 Å². The Morgan fingerprint density at radius 1 is 1.11 bits per heavy atom. The lowest BCUT2D eigenvalue weighted by Crippen LogP contribution is -2.08. The van der Waals surface area contributed by atoms with Crippen LogP contribution in [0, 0.1) is 6.92 Å². The van der Waals surface area contributed by atoms with Crippen LogP contribution in [0.2, 0.25) is 0 Å². The number of aryl methyl sites for hydroxylation is 1. The third kappa shape index (κ3) is 3.19. The van der Waals surface area contributed by atoms with Crippen molar-refractivity contribution in [1.29, 1.82) is 0 Å². The Bertz CT molecular complexity index is 549. The molecule has 1 atom stereocenters. The van der Waals surface area contributed by atoms with Crippen LogP contribution in [-0.4, -0.2) is 7.11 Å². The average molecular weight is 256 g/mol. The van der Waals surface area contributed by atoms with Gasteiger partial charge in [-0.2, -0.15) is 0 Å². The van der Waals surface area contributed by atoms with Crippen LogP contribution in [0.4, 0.5) is 11.4 Å². The molecule has 0 radical (unpaired) electrons. The van der Waals surface area contributed by atoms with Crippen LogP contribution in [0.15, 0.2) is 42.5 Å². The van der Waals surface area contributed by atoms with E-state index in [1.807, 2.05) is 24.3 Å². The van der Waals surface area contributed by atoms with Gasteiger partial charge in [-0.25, -0.2) is 0 Å². The summed E-state index contributed by atoms with van der Waals surface area (Å²) in [7, 11) is 1.67. The minimum atomic E-state index is 0.190. The molecule has 0 bridgehead atoms. The van der Waals surface area contributed by atoms with Crippen molar-refractivity contribution < 1.29 is 4.74 Å². The number of anilines is 2. The molecule has 0 aliphatic carbocycles. The Morgan fingerprint density at radius 2 is 1.79 bits per heavy atom. The van der Waals surface area contributed by atoms with Gasteiger partial charge in [-0.15, -0.1) is 0 Å². The molecule has 100 valence electrons. The number of nitrogens with two attached hydrogens (primary N) is 1. The van der Waals surface area contributed by atoms with Crippen LogP contribution < -0.4 is 15.8 Å². The van der Waals surface area contributed by atoms with Gasteiger partial charge in [0.15, 0.2) is 0 Å². The van der Waals surface area contributed by atoms with Crippen molar-refractivity contribution in [3.05, 3.63) is 53.6 Å². The van der Waals surface area contributed by atoms with Gasteiger partial charge in [-0.05, 0) is 49.2 Å². The summed E-state index contributed by atoms with van der Waals surface area (Å²) in [5.74, 6) is 0.867. The van der Waals surface area contributed by atoms with E-state index in [1.54, 1.807) is 7.11 Å². The minimum absolute atomic E-state index is 0.190. The number of benzene rings is 2. The number of hydrogen-bond donors (Lipinski definition) is 2. The Kier molecular flexibility index (Phi) is 3.95. The molecule has 0 aliphatic heterocycles. The van der Waals surface area contributed by atoms with Crippen molar-refractivity contribution in [3.63, 3.8) is 0 Å². The number of ether oxygens (including phenoxy) is 1. The highest BCUT2D eigenvalue weighted by Gasteiger charge is 2.07. The summed E-state index contributed by atoms with van der Waals surface area (Å²) in [6.07, 6.45) is 0. The zero-order valence-electron chi connectivity index (χ0n) is 11.6. The van der Waals surface area contributed by atoms with E-state index in [1.165, 1.54) is 11.1 Å². The van der Waals surface area contributed by atoms with Crippen LogP contribution in [0.5, 0.6) is 5.75 Å². The highest BCUT2D eigenvalue weighted by Crippen LogP contribution is 2.26. The summed E-state index contributed by atoms with van der Waals surface area (Å²) < 4.78 is 5.16. The molecule has 0 saturated carbocycles. The maximum absolute atomic E-state index is 5.98. The smallest absolute Gasteiger partial charge is 0.118 e. The van der Waals surface area contributed by atoms with E-state index in [9.17, 15) is 0 Å². The number of methoxy groups -OCH3 is 1. The molecule has 0 spiro atoms. The van der Waals surface area contributed by atoms with Crippen LogP contribution in [0.1, 0.15) is 24.1 Å². The van der Waals surface area contributed by atoms with Crippen molar-refractivity contribution in [2.75, 3.05) is 18.2 Å². The van der Waals surface area contributed by atoms with Crippen molar-refractivity contribution in [2.45, 2.75) is 19.9 Å². The third-order valence-electron chi connectivity index (χ3n) is 3.20. The molecule has 0 heterocycles. The standard InChI is InChI=1S/C16H20N2O/c1-11-4-9-15(17)16(10-11)18-12(2)13-5-7-14(19-3)8-6-13/h4-10,12,18H,17H2,1-3H3. The fraction of sp³-hybridized carbons (Fsp3) is 0.250. The molecule has 1 unspecified atom stereocenters. The highest BCUT2D eigenvalue weighted by molar-refractivity contribution is 5.67. The van der Waals surface area contributed by atoms with E-state index in [0.717, 1.165) is 17.1 Å². The summed E-state index contributed by atoms with van der Waals surface area (Å²) >= 11 is 0. The first kappa shape index (κ1) is 13.3. The molecule has 3 nitrogen and oxygen atoms in total. The fourth-order valence-electron chi connectivity index (χ4n) is 2.00. The Morgan fingerprint density at radius 3 is 2.42 bits per heavy atom.